The molecule has 0 bridgehead atoms. The number of hydrogen-bond donors (Lipinski definition) is 3. The molecule has 0 fully saturated rings. The van der Waals surface area contributed by atoms with E-state index in [2.05, 4.69) is 46.3 Å². The zero-order chi connectivity index (χ0) is 20.3. The number of halogens is 1. The molecule has 0 saturated carbocycles. The third-order valence-corrected chi connectivity index (χ3v) is 4.86. The van der Waals surface area contributed by atoms with Crippen molar-refractivity contribution in [3.63, 3.8) is 0 Å². The fraction of sp³-hybridized carbons (Fsp3) is 0.450. The van der Waals surface area contributed by atoms with Crippen molar-refractivity contribution in [3.05, 3.63) is 46.0 Å². The maximum atomic E-state index is 8.83. The highest BCUT2D eigenvalue weighted by Crippen LogP contribution is 2.36. The predicted octanol–water partition coefficient (Wildman–Crippen LogP) is 3.27. The van der Waals surface area contributed by atoms with Gasteiger partial charge in [-0.1, -0.05) is 32.4 Å². The average Bonchev–Trinajstić information content (AvgIpc) is 3.04. The molecule has 3 rings (SSSR count). The van der Waals surface area contributed by atoms with Gasteiger partial charge in [-0.2, -0.15) is 5.10 Å². The van der Waals surface area contributed by atoms with Crippen molar-refractivity contribution in [2.24, 2.45) is 0 Å². The highest BCUT2D eigenvalue weighted by molar-refractivity contribution is 6.31. The summed E-state index contributed by atoms with van der Waals surface area (Å²) in [7, 11) is 0. The van der Waals surface area contributed by atoms with Gasteiger partial charge in [0.15, 0.2) is 5.65 Å². The SMILES string of the molecule is Cc1cc(OCc2n[nH]c3nc(CNCCO)ncc23)c(C(C)(C)C)cc1Cl. The molecule has 0 radical (unpaired) electrons. The van der Waals surface area contributed by atoms with Crippen LogP contribution in [-0.2, 0) is 18.6 Å². The van der Waals surface area contributed by atoms with Crippen LogP contribution in [0.25, 0.3) is 11.0 Å². The number of aliphatic hydroxyl groups is 1. The first kappa shape index (κ1) is 20.5. The molecule has 3 N–H and O–H groups in total. The van der Waals surface area contributed by atoms with E-state index < -0.39 is 0 Å². The van der Waals surface area contributed by atoms with E-state index in [-0.39, 0.29) is 12.0 Å². The lowest BCUT2D eigenvalue weighted by molar-refractivity contribution is 0.291. The topological polar surface area (TPSA) is 96.0 Å². The van der Waals surface area contributed by atoms with Crippen LogP contribution in [0.2, 0.25) is 5.02 Å². The number of H-pyrrole nitrogens is 1. The molecule has 8 heteroatoms. The highest BCUT2D eigenvalue weighted by Gasteiger charge is 2.21. The Morgan fingerprint density at radius 1 is 1.29 bits per heavy atom. The van der Waals surface area contributed by atoms with Crippen molar-refractivity contribution in [2.45, 2.75) is 46.3 Å². The van der Waals surface area contributed by atoms with Crippen molar-refractivity contribution in [1.82, 2.24) is 25.5 Å². The van der Waals surface area contributed by atoms with E-state index in [1.807, 2.05) is 19.1 Å². The van der Waals surface area contributed by atoms with Crippen molar-refractivity contribution in [1.29, 1.82) is 0 Å². The fourth-order valence-electron chi connectivity index (χ4n) is 2.88. The van der Waals surface area contributed by atoms with Crippen molar-refractivity contribution >= 4 is 22.6 Å². The van der Waals surface area contributed by atoms with Crippen LogP contribution in [0.1, 0.15) is 43.4 Å². The summed E-state index contributed by atoms with van der Waals surface area (Å²) in [6.45, 7) is 9.72. The third-order valence-electron chi connectivity index (χ3n) is 4.45. The molecule has 0 aliphatic heterocycles. The predicted molar refractivity (Wildman–Crippen MR) is 110 cm³/mol. The first-order chi connectivity index (χ1) is 13.3. The van der Waals surface area contributed by atoms with E-state index in [9.17, 15) is 0 Å². The molecule has 2 aromatic heterocycles. The number of nitrogens with zero attached hydrogens (tertiary/aromatic N) is 3. The summed E-state index contributed by atoms with van der Waals surface area (Å²) in [4.78, 5) is 8.82. The maximum absolute atomic E-state index is 8.83. The smallest absolute Gasteiger partial charge is 0.159 e. The fourth-order valence-corrected chi connectivity index (χ4v) is 3.04. The number of aryl methyl sites for hydroxylation is 1. The van der Waals surface area contributed by atoms with Gasteiger partial charge in [0.05, 0.1) is 18.5 Å². The number of ether oxygens (including phenoxy) is 1. The number of aromatic amines is 1. The number of nitrogens with one attached hydrogen (secondary N) is 2. The molecule has 7 nitrogen and oxygen atoms in total. The Morgan fingerprint density at radius 3 is 2.79 bits per heavy atom. The van der Waals surface area contributed by atoms with Crippen LogP contribution in [-0.4, -0.2) is 38.4 Å². The molecule has 28 heavy (non-hydrogen) atoms. The molecule has 0 atom stereocenters. The van der Waals surface area contributed by atoms with Crippen LogP contribution in [0.3, 0.4) is 0 Å². The summed E-state index contributed by atoms with van der Waals surface area (Å²) in [6, 6.07) is 3.95. The van der Waals surface area contributed by atoms with Gasteiger partial charge in [0, 0.05) is 23.3 Å². The number of aromatic nitrogens is 4. The average molecular weight is 404 g/mol. The van der Waals surface area contributed by atoms with Gasteiger partial charge < -0.3 is 15.2 Å². The zero-order valence-corrected chi connectivity index (χ0v) is 17.4. The number of fused-ring (bicyclic) bond motifs is 1. The third kappa shape index (κ3) is 4.60. The lowest BCUT2D eigenvalue weighted by Crippen LogP contribution is -2.19. The van der Waals surface area contributed by atoms with Gasteiger partial charge in [0.1, 0.15) is 23.9 Å². The quantitative estimate of drug-likeness (QED) is 0.524. The summed E-state index contributed by atoms with van der Waals surface area (Å²) in [5, 5.41) is 20.7. The first-order valence-electron chi connectivity index (χ1n) is 9.23. The van der Waals surface area contributed by atoms with Crippen molar-refractivity contribution in [2.75, 3.05) is 13.2 Å². The minimum absolute atomic E-state index is 0.0779. The largest absolute Gasteiger partial charge is 0.487 e. The van der Waals surface area contributed by atoms with Gasteiger partial charge >= 0.3 is 0 Å². The summed E-state index contributed by atoms with van der Waals surface area (Å²) in [5.74, 6) is 1.44. The Morgan fingerprint density at radius 2 is 2.07 bits per heavy atom. The van der Waals surface area contributed by atoms with E-state index in [0.717, 1.165) is 33.0 Å². The van der Waals surface area contributed by atoms with E-state index >= 15 is 0 Å². The molecular formula is C20H26ClN5O2. The molecule has 3 aromatic rings. The summed E-state index contributed by atoms with van der Waals surface area (Å²) in [5.41, 5.74) is 3.34. The Bertz CT molecular complexity index is 965. The lowest BCUT2D eigenvalue weighted by Gasteiger charge is -2.23. The van der Waals surface area contributed by atoms with Crippen LogP contribution in [0, 0.1) is 6.92 Å². The van der Waals surface area contributed by atoms with Crippen LogP contribution >= 0.6 is 11.6 Å². The van der Waals surface area contributed by atoms with E-state index in [4.69, 9.17) is 21.4 Å². The lowest BCUT2D eigenvalue weighted by atomic mass is 9.86. The first-order valence-corrected chi connectivity index (χ1v) is 9.61. The van der Waals surface area contributed by atoms with Crippen molar-refractivity contribution in [3.8, 4) is 5.75 Å². The van der Waals surface area contributed by atoms with Crippen LogP contribution in [0.15, 0.2) is 18.3 Å². The number of benzene rings is 1. The molecule has 0 aliphatic carbocycles. The van der Waals surface area contributed by atoms with Crippen LogP contribution in [0.4, 0.5) is 0 Å². The molecule has 1 aromatic carbocycles. The zero-order valence-electron chi connectivity index (χ0n) is 16.6. The van der Waals surface area contributed by atoms with Gasteiger partial charge in [-0.25, -0.2) is 9.97 Å². The molecule has 0 saturated heterocycles. The summed E-state index contributed by atoms with van der Waals surface area (Å²) >= 11 is 6.32. The Labute approximate surface area is 169 Å². The molecule has 0 aliphatic rings. The summed E-state index contributed by atoms with van der Waals surface area (Å²) < 4.78 is 6.12. The molecular weight excluding hydrogens is 378 g/mol. The second-order valence-corrected chi connectivity index (χ2v) is 8.16. The standard InChI is InChI=1S/C20H26ClN5O2/c1-12-7-17(14(8-15(12)21)20(2,3)4)28-11-16-13-9-23-18(10-22-5-6-27)24-19(13)26-25-16/h7-9,22,27H,5-6,10-11H2,1-4H3,(H,23,24,25,26). The van der Waals surface area contributed by atoms with E-state index in [0.29, 0.717) is 31.2 Å². The van der Waals surface area contributed by atoms with E-state index in [1.54, 1.807) is 6.20 Å². The normalized spacial score (nSPS) is 11.9. The molecule has 0 amide bonds. The molecule has 0 spiro atoms. The Balaban J connectivity index is 1.80. The van der Waals surface area contributed by atoms with Crippen LogP contribution < -0.4 is 10.1 Å². The van der Waals surface area contributed by atoms with Gasteiger partial charge in [0.25, 0.3) is 0 Å². The summed E-state index contributed by atoms with van der Waals surface area (Å²) in [6.07, 6.45) is 1.75. The van der Waals surface area contributed by atoms with Gasteiger partial charge in [0.2, 0.25) is 0 Å². The number of hydrogen-bond acceptors (Lipinski definition) is 6. The van der Waals surface area contributed by atoms with Crippen molar-refractivity contribution < 1.29 is 9.84 Å². The number of aliphatic hydroxyl groups excluding tert-OH is 1. The number of rotatable bonds is 7. The van der Waals surface area contributed by atoms with E-state index in [1.165, 1.54) is 0 Å². The highest BCUT2D eigenvalue weighted by atomic mass is 35.5. The second-order valence-electron chi connectivity index (χ2n) is 7.76. The Hall–Kier alpha value is -2.22. The second kappa shape index (κ2) is 8.43. The minimum Gasteiger partial charge on any atom is -0.487 e. The molecule has 2 heterocycles. The Kier molecular flexibility index (Phi) is 6.17. The van der Waals surface area contributed by atoms with Gasteiger partial charge in [-0.3, -0.25) is 5.10 Å². The molecule has 150 valence electrons. The maximum Gasteiger partial charge on any atom is 0.159 e. The monoisotopic (exact) mass is 403 g/mol. The van der Waals surface area contributed by atoms with Crippen LogP contribution in [0.5, 0.6) is 5.75 Å². The minimum atomic E-state index is -0.0973. The molecule has 0 unspecified atom stereocenters. The van der Waals surface area contributed by atoms with Gasteiger partial charge in [-0.05, 0) is 30.0 Å². The van der Waals surface area contributed by atoms with Gasteiger partial charge in [-0.15, -0.1) is 0 Å².